The van der Waals surface area contributed by atoms with Gasteiger partial charge in [0.15, 0.2) is 0 Å². The van der Waals surface area contributed by atoms with E-state index < -0.39 is 29.1 Å². The summed E-state index contributed by atoms with van der Waals surface area (Å²) in [6, 6.07) is 7.72. The average molecular weight is 344 g/mol. The quantitative estimate of drug-likeness (QED) is 0.930. The Morgan fingerprint density at radius 2 is 1.80 bits per heavy atom. The maximum atomic E-state index is 13.7. The van der Waals surface area contributed by atoms with Gasteiger partial charge in [0.1, 0.15) is 17.7 Å². The number of aryl methyl sites for hydroxylation is 2. The number of hydrogen-bond donors (Lipinski definition) is 1. The first-order chi connectivity index (χ1) is 11.8. The minimum atomic E-state index is -0.824. The van der Waals surface area contributed by atoms with Gasteiger partial charge >= 0.3 is 0 Å². The van der Waals surface area contributed by atoms with E-state index in [-0.39, 0.29) is 5.91 Å². The second-order valence-electron chi connectivity index (χ2n) is 6.27. The van der Waals surface area contributed by atoms with Crippen LogP contribution < -0.4 is 10.2 Å². The lowest BCUT2D eigenvalue weighted by Gasteiger charge is -2.18. The number of nitrogens with one attached hydrogen (secondary N) is 1. The fraction of sp³-hybridized carbons (Fsp3) is 0.263. The van der Waals surface area contributed by atoms with Gasteiger partial charge in [-0.3, -0.25) is 9.59 Å². The first-order valence-corrected chi connectivity index (χ1v) is 8.01. The minimum Gasteiger partial charge on any atom is -0.340 e. The fourth-order valence-corrected chi connectivity index (χ4v) is 3.08. The van der Waals surface area contributed by atoms with E-state index in [1.807, 2.05) is 32.0 Å². The summed E-state index contributed by atoms with van der Waals surface area (Å²) in [6.45, 7) is 4.35. The highest BCUT2D eigenvalue weighted by Gasteiger charge is 2.34. The molecule has 1 aliphatic heterocycles. The molecule has 6 heteroatoms. The number of nitrogens with zero attached hydrogens (tertiary/aromatic N) is 1. The van der Waals surface area contributed by atoms with E-state index in [4.69, 9.17) is 0 Å². The number of rotatable bonds is 3. The van der Waals surface area contributed by atoms with E-state index in [9.17, 15) is 18.4 Å². The molecule has 1 saturated heterocycles. The summed E-state index contributed by atoms with van der Waals surface area (Å²) in [6.07, 6.45) is 0.411. The third kappa shape index (κ3) is 3.52. The van der Waals surface area contributed by atoms with Gasteiger partial charge < -0.3 is 10.2 Å². The van der Waals surface area contributed by atoms with Gasteiger partial charge in [0.25, 0.3) is 5.91 Å². The van der Waals surface area contributed by atoms with Crippen molar-refractivity contribution < 1.29 is 18.4 Å². The van der Waals surface area contributed by atoms with Crippen molar-refractivity contribution in [2.24, 2.45) is 0 Å². The molecular formula is C19H18F2N2O2. The number of carbonyl (C=O) groups is 2. The molecule has 130 valence electrons. The molecule has 0 bridgehead atoms. The van der Waals surface area contributed by atoms with Crippen LogP contribution in [-0.2, 0) is 4.79 Å². The zero-order valence-corrected chi connectivity index (χ0v) is 14.0. The molecule has 2 amide bonds. The molecule has 1 N–H and O–H groups in total. The summed E-state index contributed by atoms with van der Waals surface area (Å²) < 4.78 is 26.9. The highest BCUT2D eigenvalue weighted by atomic mass is 19.1. The van der Waals surface area contributed by atoms with E-state index in [2.05, 4.69) is 5.32 Å². The number of carbonyl (C=O) groups excluding carboxylic acids is 2. The van der Waals surface area contributed by atoms with E-state index in [1.54, 1.807) is 4.90 Å². The molecule has 0 unspecified atom stereocenters. The minimum absolute atomic E-state index is 0.254. The van der Waals surface area contributed by atoms with Crippen LogP contribution >= 0.6 is 0 Å². The van der Waals surface area contributed by atoms with Crippen LogP contribution in [0.25, 0.3) is 0 Å². The first-order valence-electron chi connectivity index (χ1n) is 8.01. The van der Waals surface area contributed by atoms with E-state index in [0.29, 0.717) is 13.0 Å². The Bertz CT molecular complexity index is 831. The monoisotopic (exact) mass is 344 g/mol. The Hall–Kier alpha value is -2.76. The van der Waals surface area contributed by atoms with Gasteiger partial charge in [-0.2, -0.15) is 0 Å². The maximum absolute atomic E-state index is 13.7. The molecule has 0 aromatic heterocycles. The van der Waals surface area contributed by atoms with Crippen LogP contribution in [0.3, 0.4) is 0 Å². The Morgan fingerprint density at radius 3 is 2.48 bits per heavy atom. The normalized spacial score (nSPS) is 17.0. The number of halogens is 2. The van der Waals surface area contributed by atoms with Crippen LogP contribution in [0.1, 0.15) is 27.9 Å². The van der Waals surface area contributed by atoms with Gasteiger partial charge in [-0.1, -0.05) is 6.07 Å². The third-order valence-corrected chi connectivity index (χ3v) is 4.20. The topological polar surface area (TPSA) is 49.4 Å². The molecule has 0 spiro atoms. The lowest BCUT2D eigenvalue weighted by atomic mass is 10.1. The van der Waals surface area contributed by atoms with Crippen LogP contribution in [0.4, 0.5) is 14.5 Å². The molecular weight excluding hydrogens is 326 g/mol. The van der Waals surface area contributed by atoms with E-state index in [1.165, 1.54) is 0 Å². The zero-order valence-electron chi connectivity index (χ0n) is 14.0. The smallest absolute Gasteiger partial charge is 0.255 e. The van der Waals surface area contributed by atoms with Gasteiger partial charge in [-0.25, -0.2) is 8.78 Å². The van der Waals surface area contributed by atoms with Gasteiger partial charge in [0.2, 0.25) is 5.91 Å². The largest absolute Gasteiger partial charge is 0.340 e. The van der Waals surface area contributed by atoms with Gasteiger partial charge in [-0.05, 0) is 61.7 Å². The number of anilines is 1. The SMILES string of the molecule is Cc1cc(C)cc(N2CC[C@@H](NC(=O)c3cc(F)ccc3F)C2=O)c1. The van der Waals surface area contributed by atoms with Gasteiger partial charge in [-0.15, -0.1) is 0 Å². The van der Waals surface area contributed by atoms with Gasteiger partial charge in [0, 0.05) is 12.2 Å². The summed E-state index contributed by atoms with van der Waals surface area (Å²) >= 11 is 0. The van der Waals surface area contributed by atoms with Crippen molar-refractivity contribution in [3.63, 3.8) is 0 Å². The Morgan fingerprint density at radius 1 is 1.12 bits per heavy atom. The van der Waals surface area contributed by atoms with Crippen molar-refractivity contribution in [1.29, 1.82) is 0 Å². The summed E-state index contributed by atoms with van der Waals surface area (Å²) in [4.78, 5) is 26.4. The molecule has 2 aromatic rings. The predicted octanol–water partition coefficient (Wildman–Crippen LogP) is 3.12. The van der Waals surface area contributed by atoms with Crippen molar-refractivity contribution in [2.45, 2.75) is 26.3 Å². The van der Waals surface area contributed by atoms with Crippen molar-refractivity contribution in [1.82, 2.24) is 5.32 Å². The van der Waals surface area contributed by atoms with Crippen molar-refractivity contribution in [3.05, 3.63) is 64.7 Å². The highest BCUT2D eigenvalue weighted by Crippen LogP contribution is 2.24. The molecule has 25 heavy (non-hydrogen) atoms. The Kier molecular flexibility index (Phi) is 4.53. The lowest BCUT2D eigenvalue weighted by molar-refractivity contribution is -0.118. The molecule has 4 nitrogen and oxygen atoms in total. The number of hydrogen-bond acceptors (Lipinski definition) is 2. The second-order valence-corrected chi connectivity index (χ2v) is 6.27. The predicted molar refractivity (Wildman–Crippen MR) is 90.5 cm³/mol. The molecule has 1 aliphatic rings. The standard InChI is InChI=1S/C19H18F2N2O2/c1-11-7-12(2)9-14(8-11)23-6-5-17(19(23)25)22-18(24)15-10-13(20)3-4-16(15)21/h3-4,7-10,17H,5-6H2,1-2H3,(H,22,24)/t17-/m1/s1. The van der Waals surface area contributed by atoms with Crippen LogP contribution in [0.15, 0.2) is 36.4 Å². The van der Waals surface area contributed by atoms with Crippen molar-refractivity contribution >= 4 is 17.5 Å². The van der Waals surface area contributed by atoms with E-state index in [0.717, 1.165) is 35.0 Å². The molecule has 0 saturated carbocycles. The lowest BCUT2D eigenvalue weighted by Crippen LogP contribution is -2.41. The summed E-state index contributed by atoms with van der Waals surface area (Å²) in [7, 11) is 0. The Balaban J connectivity index is 1.76. The average Bonchev–Trinajstić information content (AvgIpc) is 2.89. The molecule has 2 aromatic carbocycles. The molecule has 3 rings (SSSR count). The van der Waals surface area contributed by atoms with Crippen LogP contribution in [0, 0.1) is 25.5 Å². The van der Waals surface area contributed by atoms with Crippen molar-refractivity contribution in [2.75, 3.05) is 11.4 Å². The zero-order chi connectivity index (χ0) is 18.1. The molecule has 1 fully saturated rings. The van der Waals surface area contributed by atoms with Crippen molar-refractivity contribution in [3.8, 4) is 0 Å². The molecule has 1 atom stereocenters. The van der Waals surface area contributed by atoms with Gasteiger partial charge in [0.05, 0.1) is 5.56 Å². The summed E-state index contributed by atoms with van der Waals surface area (Å²) in [5.41, 5.74) is 2.45. The molecule has 1 heterocycles. The fourth-order valence-electron chi connectivity index (χ4n) is 3.08. The van der Waals surface area contributed by atoms with Crippen LogP contribution in [0.5, 0.6) is 0 Å². The highest BCUT2D eigenvalue weighted by molar-refractivity contribution is 6.04. The summed E-state index contributed by atoms with van der Waals surface area (Å²) in [5, 5.41) is 2.51. The third-order valence-electron chi connectivity index (χ3n) is 4.20. The van der Waals surface area contributed by atoms with Crippen LogP contribution in [0.2, 0.25) is 0 Å². The van der Waals surface area contributed by atoms with Crippen LogP contribution in [-0.4, -0.2) is 24.4 Å². The Labute approximate surface area is 144 Å². The second kappa shape index (κ2) is 6.63. The molecule has 0 radical (unpaired) electrons. The number of benzene rings is 2. The summed E-state index contributed by atoms with van der Waals surface area (Å²) in [5.74, 6) is -2.58. The first kappa shape index (κ1) is 17.1. The maximum Gasteiger partial charge on any atom is 0.255 e. The number of amides is 2. The van der Waals surface area contributed by atoms with E-state index >= 15 is 0 Å². The molecule has 0 aliphatic carbocycles.